The van der Waals surface area contributed by atoms with Gasteiger partial charge in [-0.15, -0.1) is 0 Å². The average molecular weight is 413 g/mol. The standard InChI is InChI=1S/C24H33N2PS/c1-19(2)23(26-24(28)25-20-12-6-3-7-13-20)18-27(21-14-8-4-9-15-21)22-16-10-5-11-17-22/h4-5,8-11,14-17,19-20,23H,3,6-7,12-13,18H2,1-2H3,(H2,25,26,28)/t23-/m1/s1. The molecule has 2 aromatic rings. The number of hydrogen-bond donors (Lipinski definition) is 2. The Morgan fingerprint density at radius 3 is 1.96 bits per heavy atom. The van der Waals surface area contributed by atoms with Gasteiger partial charge in [0.15, 0.2) is 5.11 Å². The lowest BCUT2D eigenvalue weighted by atomic mass is 9.96. The molecular weight excluding hydrogens is 379 g/mol. The van der Waals surface area contributed by atoms with Crippen molar-refractivity contribution in [1.82, 2.24) is 10.6 Å². The van der Waals surface area contributed by atoms with Gasteiger partial charge in [-0.1, -0.05) is 93.8 Å². The molecule has 0 bridgehead atoms. The summed E-state index contributed by atoms with van der Waals surface area (Å²) in [4.78, 5) is 0. The Kier molecular flexibility index (Phi) is 8.30. The van der Waals surface area contributed by atoms with E-state index in [9.17, 15) is 0 Å². The molecule has 0 saturated heterocycles. The summed E-state index contributed by atoms with van der Waals surface area (Å²) >= 11 is 5.70. The van der Waals surface area contributed by atoms with Gasteiger partial charge in [0, 0.05) is 12.1 Å². The molecule has 0 spiro atoms. The lowest BCUT2D eigenvalue weighted by Gasteiger charge is -2.31. The van der Waals surface area contributed by atoms with Crippen LogP contribution in [0, 0.1) is 5.92 Å². The normalized spacial score (nSPS) is 16.1. The van der Waals surface area contributed by atoms with E-state index in [4.69, 9.17) is 12.2 Å². The van der Waals surface area contributed by atoms with Crippen molar-refractivity contribution in [2.24, 2.45) is 5.92 Å². The van der Waals surface area contributed by atoms with E-state index in [1.807, 2.05) is 0 Å². The zero-order chi connectivity index (χ0) is 19.8. The third-order valence-electron chi connectivity index (χ3n) is 5.58. The molecule has 0 amide bonds. The summed E-state index contributed by atoms with van der Waals surface area (Å²) in [5, 5.41) is 11.0. The molecule has 3 rings (SSSR count). The van der Waals surface area contributed by atoms with Crippen molar-refractivity contribution in [3.8, 4) is 0 Å². The average Bonchev–Trinajstić information content (AvgIpc) is 2.73. The first-order chi connectivity index (χ1) is 13.6. The summed E-state index contributed by atoms with van der Waals surface area (Å²) in [5.41, 5.74) is 0. The fourth-order valence-corrected chi connectivity index (χ4v) is 6.85. The Hall–Kier alpha value is -1.44. The zero-order valence-electron chi connectivity index (χ0n) is 17.1. The number of hydrogen-bond acceptors (Lipinski definition) is 1. The van der Waals surface area contributed by atoms with E-state index >= 15 is 0 Å². The zero-order valence-corrected chi connectivity index (χ0v) is 18.8. The quantitative estimate of drug-likeness (QED) is 0.498. The molecule has 0 aliphatic heterocycles. The highest BCUT2D eigenvalue weighted by Gasteiger charge is 2.23. The highest BCUT2D eigenvalue weighted by molar-refractivity contribution is 7.80. The summed E-state index contributed by atoms with van der Waals surface area (Å²) in [6.07, 6.45) is 7.59. The first-order valence-electron chi connectivity index (χ1n) is 10.6. The van der Waals surface area contributed by atoms with Crippen molar-refractivity contribution in [3.63, 3.8) is 0 Å². The Morgan fingerprint density at radius 1 is 0.929 bits per heavy atom. The van der Waals surface area contributed by atoms with Crippen LogP contribution in [-0.4, -0.2) is 23.4 Å². The first-order valence-corrected chi connectivity index (χ1v) is 12.5. The van der Waals surface area contributed by atoms with Gasteiger partial charge in [0.25, 0.3) is 0 Å². The van der Waals surface area contributed by atoms with Crippen LogP contribution in [0.1, 0.15) is 46.0 Å². The Balaban J connectivity index is 1.71. The van der Waals surface area contributed by atoms with Gasteiger partial charge in [0.2, 0.25) is 0 Å². The lowest BCUT2D eigenvalue weighted by Crippen LogP contribution is -2.49. The van der Waals surface area contributed by atoms with E-state index in [1.165, 1.54) is 42.7 Å². The minimum absolute atomic E-state index is 0.357. The minimum atomic E-state index is -0.423. The van der Waals surface area contributed by atoms with Crippen LogP contribution < -0.4 is 21.2 Å². The van der Waals surface area contributed by atoms with Gasteiger partial charge in [0.05, 0.1) is 0 Å². The molecule has 1 aliphatic rings. The van der Waals surface area contributed by atoms with Crippen molar-refractivity contribution >= 4 is 35.9 Å². The lowest BCUT2D eigenvalue weighted by molar-refractivity contribution is 0.406. The molecule has 1 saturated carbocycles. The fraction of sp³-hybridized carbons (Fsp3) is 0.458. The van der Waals surface area contributed by atoms with E-state index < -0.39 is 7.92 Å². The van der Waals surface area contributed by atoms with Gasteiger partial charge in [-0.05, 0) is 55.7 Å². The van der Waals surface area contributed by atoms with Crippen LogP contribution in [0.3, 0.4) is 0 Å². The fourth-order valence-electron chi connectivity index (χ4n) is 3.84. The summed E-state index contributed by atoms with van der Waals surface area (Å²) in [6, 6.07) is 22.8. The topological polar surface area (TPSA) is 24.1 Å². The minimum Gasteiger partial charge on any atom is -0.360 e. The Bertz CT molecular complexity index is 674. The molecule has 1 atom stereocenters. The van der Waals surface area contributed by atoms with Gasteiger partial charge in [0.1, 0.15) is 0 Å². The molecule has 4 heteroatoms. The smallest absolute Gasteiger partial charge is 0.166 e. The predicted octanol–water partition coefficient (Wildman–Crippen LogP) is 4.94. The first kappa shape index (κ1) is 21.3. The van der Waals surface area contributed by atoms with Gasteiger partial charge >= 0.3 is 0 Å². The molecule has 0 radical (unpaired) electrons. The van der Waals surface area contributed by atoms with Crippen molar-refractivity contribution in [2.45, 2.75) is 58.0 Å². The third kappa shape index (κ3) is 6.29. The molecule has 1 fully saturated rings. The molecule has 1 aliphatic carbocycles. The van der Waals surface area contributed by atoms with E-state index in [-0.39, 0.29) is 0 Å². The van der Waals surface area contributed by atoms with Gasteiger partial charge in [-0.2, -0.15) is 0 Å². The molecule has 2 nitrogen and oxygen atoms in total. The van der Waals surface area contributed by atoms with E-state index in [2.05, 4.69) is 85.1 Å². The summed E-state index contributed by atoms with van der Waals surface area (Å²) in [6.45, 7) is 4.59. The second kappa shape index (κ2) is 10.9. The highest BCUT2D eigenvalue weighted by Crippen LogP contribution is 2.35. The van der Waals surface area contributed by atoms with Crippen LogP contribution in [0.5, 0.6) is 0 Å². The maximum absolute atomic E-state index is 5.70. The van der Waals surface area contributed by atoms with Crippen molar-refractivity contribution in [1.29, 1.82) is 0 Å². The van der Waals surface area contributed by atoms with Gasteiger partial charge < -0.3 is 10.6 Å². The second-order valence-electron chi connectivity index (χ2n) is 8.08. The van der Waals surface area contributed by atoms with E-state index in [0.717, 1.165) is 11.3 Å². The van der Waals surface area contributed by atoms with Crippen molar-refractivity contribution in [3.05, 3.63) is 60.7 Å². The van der Waals surface area contributed by atoms with Crippen LogP contribution in [0.25, 0.3) is 0 Å². The molecular formula is C24H33N2PS. The van der Waals surface area contributed by atoms with Crippen LogP contribution in [0.4, 0.5) is 0 Å². The molecule has 150 valence electrons. The van der Waals surface area contributed by atoms with Gasteiger partial charge in [-0.25, -0.2) is 0 Å². The summed E-state index contributed by atoms with van der Waals surface area (Å²) in [7, 11) is -0.423. The number of benzene rings is 2. The van der Waals surface area contributed by atoms with Crippen LogP contribution in [-0.2, 0) is 0 Å². The van der Waals surface area contributed by atoms with E-state index in [1.54, 1.807) is 0 Å². The molecule has 0 unspecified atom stereocenters. The second-order valence-corrected chi connectivity index (χ2v) is 10.7. The monoisotopic (exact) mass is 412 g/mol. The van der Waals surface area contributed by atoms with Gasteiger partial charge in [-0.3, -0.25) is 0 Å². The van der Waals surface area contributed by atoms with Crippen molar-refractivity contribution in [2.75, 3.05) is 6.16 Å². The molecule has 2 aromatic carbocycles. The molecule has 0 aromatic heterocycles. The van der Waals surface area contributed by atoms with E-state index in [0.29, 0.717) is 18.0 Å². The molecule has 28 heavy (non-hydrogen) atoms. The SMILES string of the molecule is CC(C)[C@@H](CP(c1ccccc1)c1ccccc1)NC(=S)NC1CCCCC1. The van der Waals surface area contributed by atoms with Crippen LogP contribution >= 0.6 is 20.1 Å². The van der Waals surface area contributed by atoms with Crippen molar-refractivity contribution < 1.29 is 0 Å². The Morgan fingerprint density at radius 2 is 1.46 bits per heavy atom. The summed E-state index contributed by atoms with van der Waals surface area (Å²) < 4.78 is 0. The number of thiocarbonyl (C=S) groups is 1. The Labute approximate surface area is 177 Å². The highest BCUT2D eigenvalue weighted by atomic mass is 32.1. The molecule has 0 heterocycles. The maximum Gasteiger partial charge on any atom is 0.166 e. The van der Waals surface area contributed by atoms with Crippen LogP contribution in [0.2, 0.25) is 0 Å². The maximum atomic E-state index is 5.70. The number of rotatable bonds is 7. The summed E-state index contributed by atoms with van der Waals surface area (Å²) in [5.74, 6) is 0.517. The molecule has 2 N–H and O–H groups in total. The van der Waals surface area contributed by atoms with Crippen LogP contribution in [0.15, 0.2) is 60.7 Å². The largest absolute Gasteiger partial charge is 0.360 e. The number of nitrogens with one attached hydrogen (secondary N) is 2. The predicted molar refractivity (Wildman–Crippen MR) is 128 cm³/mol. The third-order valence-corrected chi connectivity index (χ3v) is 8.41.